The van der Waals surface area contributed by atoms with Crippen molar-refractivity contribution in [3.63, 3.8) is 0 Å². The van der Waals surface area contributed by atoms with Crippen LogP contribution in [0.1, 0.15) is 30.0 Å². The molecule has 1 saturated carbocycles. The number of fused-ring (bicyclic) bond motifs is 1. The summed E-state index contributed by atoms with van der Waals surface area (Å²) in [7, 11) is 0. The molecule has 2 saturated heterocycles. The van der Waals surface area contributed by atoms with Crippen LogP contribution in [0, 0.1) is 17.8 Å². The van der Waals surface area contributed by atoms with Gasteiger partial charge in [0.1, 0.15) is 0 Å². The molecule has 2 aromatic carbocycles. The number of rotatable bonds is 5. The third kappa shape index (κ3) is 3.02. The molecule has 0 spiro atoms. The van der Waals surface area contributed by atoms with Crippen LogP contribution in [0.15, 0.2) is 60.7 Å². The molecule has 0 unspecified atom stereocenters. The number of aliphatic hydroxyl groups is 1. The van der Waals surface area contributed by atoms with E-state index in [1.807, 2.05) is 0 Å². The van der Waals surface area contributed by atoms with Crippen molar-refractivity contribution in [1.82, 2.24) is 9.80 Å². The van der Waals surface area contributed by atoms with Crippen molar-refractivity contribution < 1.29 is 5.11 Å². The van der Waals surface area contributed by atoms with Crippen LogP contribution in [-0.4, -0.2) is 47.2 Å². The maximum atomic E-state index is 10.2. The fourth-order valence-electron chi connectivity index (χ4n) is 6.10. The molecular weight excluding hydrogens is 332 g/mol. The topological polar surface area (TPSA) is 26.7 Å². The summed E-state index contributed by atoms with van der Waals surface area (Å²) in [5, 5.41) is 10.2. The van der Waals surface area contributed by atoms with Gasteiger partial charge in [-0.3, -0.25) is 9.80 Å². The molecule has 2 aliphatic heterocycles. The Balaban J connectivity index is 1.47. The van der Waals surface area contributed by atoms with E-state index in [2.05, 4.69) is 70.5 Å². The van der Waals surface area contributed by atoms with Crippen LogP contribution < -0.4 is 0 Å². The summed E-state index contributed by atoms with van der Waals surface area (Å²) in [4.78, 5) is 5.36. The van der Waals surface area contributed by atoms with Crippen LogP contribution in [0.3, 0.4) is 0 Å². The summed E-state index contributed by atoms with van der Waals surface area (Å²) in [5.41, 5.74) is 2.83. The number of benzene rings is 2. The lowest BCUT2D eigenvalue weighted by atomic mass is 9.59. The van der Waals surface area contributed by atoms with E-state index in [9.17, 15) is 5.11 Å². The first kappa shape index (κ1) is 17.4. The average molecular weight is 363 g/mol. The molecule has 0 aromatic heterocycles. The molecule has 2 heterocycles. The highest BCUT2D eigenvalue weighted by atomic mass is 16.3. The zero-order chi connectivity index (χ0) is 18.2. The van der Waals surface area contributed by atoms with E-state index in [1.54, 1.807) is 0 Å². The Morgan fingerprint density at radius 3 is 2.22 bits per heavy atom. The Bertz CT molecular complexity index is 743. The van der Waals surface area contributed by atoms with Gasteiger partial charge in [0.25, 0.3) is 0 Å². The molecule has 0 amide bonds. The second-order valence-corrected chi connectivity index (χ2v) is 8.59. The molecule has 0 bridgehead atoms. The minimum atomic E-state index is 0.336. The third-order valence-corrected chi connectivity index (χ3v) is 7.22. The van der Waals surface area contributed by atoms with Gasteiger partial charge in [-0.15, -0.1) is 0 Å². The fraction of sp³-hybridized carbons (Fsp3) is 0.500. The first-order valence-corrected chi connectivity index (χ1v) is 10.5. The number of likely N-dealkylation sites (tertiary alicyclic amines) is 2. The zero-order valence-electron chi connectivity index (χ0n) is 16.0. The Hall–Kier alpha value is -1.68. The summed E-state index contributed by atoms with van der Waals surface area (Å²) in [5.74, 6) is 1.71. The molecule has 3 aliphatic rings. The molecule has 2 aromatic rings. The third-order valence-electron chi connectivity index (χ3n) is 7.22. The monoisotopic (exact) mass is 362 g/mol. The quantitative estimate of drug-likeness (QED) is 0.881. The van der Waals surface area contributed by atoms with E-state index in [0.717, 1.165) is 13.1 Å². The highest BCUT2D eigenvalue weighted by molar-refractivity contribution is 5.27. The van der Waals surface area contributed by atoms with Crippen LogP contribution in [0.4, 0.5) is 0 Å². The minimum Gasteiger partial charge on any atom is -0.396 e. The van der Waals surface area contributed by atoms with E-state index < -0.39 is 0 Å². The van der Waals surface area contributed by atoms with Crippen molar-refractivity contribution in [2.75, 3.05) is 26.2 Å². The second kappa shape index (κ2) is 7.38. The van der Waals surface area contributed by atoms with Gasteiger partial charge in [0.05, 0.1) is 0 Å². The SMILES string of the molecule is OC[C@@H]1[C@@H]2CN(Cc3ccccc3)[C@@H](c3ccccc3)[C@@H]2[C@H]1N1CCCC1. The Kier molecular flexibility index (Phi) is 4.76. The van der Waals surface area contributed by atoms with Gasteiger partial charge < -0.3 is 5.11 Å². The van der Waals surface area contributed by atoms with Gasteiger partial charge in [0.15, 0.2) is 0 Å². The molecule has 1 aliphatic carbocycles. The smallest absolute Gasteiger partial charge is 0.0477 e. The Labute approximate surface area is 162 Å². The first-order chi connectivity index (χ1) is 13.4. The highest BCUT2D eigenvalue weighted by Gasteiger charge is 2.60. The van der Waals surface area contributed by atoms with Crippen LogP contribution in [0.5, 0.6) is 0 Å². The van der Waals surface area contributed by atoms with Crippen LogP contribution >= 0.6 is 0 Å². The predicted octanol–water partition coefficient (Wildman–Crippen LogP) is 3.56. The molecule has 27 heavy (non-hydrogen) atoms. The molecule has 3 nitrogen and oxygen atoms in total. The van der Waals surface area contributed by atoms with E-state index in [4.69, 9.17) is 0 Å². The van der Waals surface area contributed by atoms with Gasteiger partial charge in [-0.25, -0.2) is 0 Å². The van der Waals surface area contributed by atoms with Gasteiger partial charge in [-0.1, -0.05) is 60.7 Å². The van der Waals surface area contributed by atoms with Crippen molar-refractivity contribution in [3.05, 3.63) is 71.8 Å². The number of aliphatic hydroxyl groups excluding tert-OH is 1. The van der Waals surface area contributed by atoms with E-state index >= 15 is 0 Å². The maximum absolute atomic E-state index is 10.2. The predicted molar refractivity (Wildman–Crippen MR) is 108 cm³/mol. The van der Waals surface area contributed by atoms with Crippen LogP contribution in [0.2, 0.25) is 0 Å². The van der Waals surface area contributed by atoms with Gasteiger partial charge in [-0.05, 0) is 48.9 Å². The summed E-state index contributed by atoms with van der Waals surface area (Å²) < 4.78 is 0. The van der Waals surface area contributed by atoms with Crippen molar-refractivity contribution in [2.45, 2.75) is 31.5 Å². The van der Waals surface area contributed by atoms with E-state index in [0.29, 0.717) is 36.4 Å². The van der Waals surface area contributed by atoms with Crippen molar-refractivity contribution >= 4 is 0 Å². The lowest BCUT2D eigenvalue weighted by Crippen LogP contribution is -2.60. The van der Waals surface area contributed by atoms with Crippen molar-refractivity contribution in [1.29, 1.82) is 0 Å². The highest BCUT2D eigenvalue weighted by Crippen LogP contribution is 2.57. The minimum absolute atomic E-state index is 0.336. The van der Waals surface area contributed by atoms with Crippen LogP contribution in [-0.2, 0) is 6.54 Å². The molecule has 0 radical (unpaired) electrons. The normalized spacial score (nSPS) is 33.7. The van der Waals surface area contributed by atoms with Gasteiger partial charge in [0, 0.05) is 37.7 Å². The fourth-order valence-corrected chi connectivity index (χ4v) is 6.10. The van der Waals surface area contributed by atoms with Gasteiger partial charge in [0.2, 0.25) is 0 Å². The summed E-state index contributed by atoms with van der Waals surface area (Å²) >= 11 is 0. The number of hydrogen-bond donors (Lipinski definition) is 1. The zero-order valence-corrected chi connectivity index (χ0v) is 16.0. The largest absolute Gasteiger partial charge is 0.396 e. The number of hydrogen-bond acceptors (Lipinski definition) is 3. The van der Waals surface area contributed by atoms with E-state index in [-0.39, 0.29) is 0 Å². The first-order valence-electron chi connectivity index (χ1n) is 10.5. The standard InChI is InChI=1S/C24H30N2O/c27-17-21-20-16-26(15-18-9-3-1-4-10-18)23(19-11-5-2-6-12-19)22(20)24(21)25-13-7-8-14-25/h1-6,9-12,20-24,27H,7-8,13-17H2/t20-,21+,22+,23-,24-/m0/s1. The number of nitrogens with zero attached hydrogens (tertiary/aromatic N) is 2. The molecule has 5 atom stereocenters. The van der Waals surface area contributed by atoms with Gasteiger partial charge >= 0.3 is 0 Å². The molecule has 1 N–H and O–H groups in total. The van der Waals surface area contributed by atoms with Crippen molar-refractivity contribution in [3.8, 4) is 0 Å². The summed E-state index contributed by atoms with van der Waals surface area (Å²) in [6, 6.07) is 22.9. The average Bonchev–Trinajstić information content (AvgIpc) is 3.32. The Morgan fingerprint density at radius 2 is 1.56 bits per heavy atom. The lowest BCUT2D eigenvalue weighted by Gasteiger charge is -2.53. The Morgan fingerprint density at radius 1 is 0.889 bits per heavy atom. The molecule has 5 rings (SSSR count). The maximum Gasteiger partial charge on any atom is 0.0477 e. The van der Waals surface area contributed by atoms with Crippen LogP contribution in [0.25, 0.3) is 0 Å². The molecule has 142 valence electrons. The second-order valence-electron chi connectivity index (χ2n) is 8.59. The lowest BCUT2D eigenvalue weighted by molar-refractivity contribution is -0.0657. The van der Waals surface area contributed by atoms with E-state index in [1.165, 1.54) is 37.1 Å². The molecular formula is C24H30N2O. The van der Waals surface area contributed by atoms with Gasteiger partial charge in [-0.2, -0.15) is 0 Å². The molecule has 3 fully saturated rings. The summed E-state index contributed by atoms with van der Waals surface area (Å²) in [6.45, 7) is 4.87. The summed E-state index contributed by atoms with van der Waals surface area (Å²) in [6.07, 6.45) is 2.63. The molecule has 3 heteroatoms. The van der Waals surface area contributed by atoms with Crippen molar-refractivity contribution in [2.24, 2.45) is 17.8 Å².